The molecule has 1 fully saturated rings. The Balaban J connectivity index is 1.97. The van der Waals surface area contributed by atoms with Gasteiger partial charge in [-0.15, -0.1) is 0 Å². The van der Waals surface area contributed by atoms with Crippen LogP contribution in [-0.4, -0.2) is 34.9 Å². The minimum Gasteiger partial charge on any atom is -0.385 e. The smallest absolute Gasteiger partial charge is 0.110 e. The standard InChI is InChI=1S/C12H18N2O2/c1-9-7-11(3-5-13-9)14-8-12(15)4-6-16-10(12)2/h3,5,7,10,15H,4,6,8H2,1-2H3,(H,13,14). The zero-order valence-electron chi connectivity index (χ0n) is 9.73. The zero-order chi connectivity index (χ0) is 11.6. The number of ether oxygens (including phenoxy) is 1. The van der Waals surface area contributed by atoms with Crippen molar-refractivity contribution in [1.29, 1.82) is 0 Å². The average molecular weight is 222 g/mol. The van der Waals surface area contributed by atoms with Gasteiger partial charge in [0.25, 0.3) is 0 Å². The quantitative estimate of drug-likeness (QED) is 0.810. The van der Waals surface area contributed by atoms with E-state index in [1.54, 1.807) is 6.20 Å². The van der Waals surface area contributed by atoms with E-state index >= 15 is 0 Å². The van der Waals surface area contributed by atoms with Gasteiger partial charge < -0.3 is 15.2 Å². The van der Waals surface area contributed by atoms with Crippen molar-refractivity contribution in [3.63, 3.8) is 0 Å². The third-order valence-corrected chi connectivity index (χ3v) is 3.15. The number of hydrogen-bond acceptors (Lipinski definition) is 4. The van der Waals surface area contributed by atoms with Gasteiger partial charge in [0.1, 0.15) is 5.60 Å². The Morgan fingerprint density at radius 3 is 3.12 bits per heavy atom. The lowest BCUT2D eigenvalue weighted by Crippen LogP contribution is -2.43. The molecule has 16 heavy (non-hydrogen) atoms. The van der Waals surface area contributed by atoms with Gasteiger partial charge in [0.05, 0.1) is 6.10 Å². The number of hydrogen-bond donors (Lipinski definition) is 2. The van der Waals surface area contributed by atoms with Gasteiger partial charge in [-0.2, -0.15) is 0 Å². The summed E-state index contributed by atoms with van der Waals surface area (Å²) in [6, 6.07) is 3.86. The van der Waals surface area contributed by atoms with Crippen LogP contribution in [0, 0.1) is 6.92 Å². The molecule has 1 saturated heterocycles. The van der Waals surface area contributed by atoms with Crippen LogP contribution in [0.15, 0.2) is 18.3 Å². The van der Waals surface area contributed by atoms with Crippen molar-refractivity contribution in [3.05, 3.63) is 24.0 Å². The molecule has 0 amide bonds. The molecule has 1 aliphatic heterocycles. The SMILES string of the molecule is Cc1cc(NCC2(O)CCOC2C)ccn1. The number of anilines is 1. The van der Waals surface area contributed by atoms with Crippen molar-refractivity contribution < 1.29 is 9.84 Å². The van der Waals surface area contributed by atoms with Crippen LogP contribution in [0.1, 0.15) is 19.0 Å². The molecule has 4 heteroatoms. The first-order chi connectivity index (χ1) is 7.60. The molecule has 0 bridgehead atoms. The number of aromatic nitrogens is 1. The number of nitrogens with zero attached hydrogens (tertiary/aromatic N) is 1. The average Bonchev–Trinajstić information content (AvgIpc) is 2.58. The van der Waals surface area contributed by atoms with E-state index in [4.69, 9.17) is 4.74 Å². The molecule has 0 radical (unpaired) electrons. The zero-order valence-corrected chi connectivity index (χ0v) is 9.73. The predicted octanol–water partition coefficient (Wildman–Crippen LogP) is 1.34. The summed E-state index contributed by atoms with van der Waals surface area (Å²) >= 11 is 0. The molecule has 2 unspecified atom stereocenters. The molecule has 88 valence electrons. The van der Waals surface area contributed by atoms with E-state index in [9.17, 15) is 5.11 Å². The van der Waals surface area contributed by atoms with Crippen molar-refractivity contribution >= 4 is 5.69 Å². The van der Waals surface area contributed by atoms with Gasteiger partial charge in [0.2, 0.25) is 0 Å². The Morgan fingerprint density at radius 2 is 2.50 bits per heavy atom. The van der Waals surface area contributed by atoms with Crippen LogP contribution in [-0.2, 0) is 4.74 Å². The minimum absolute atomic E-state index is 0.108. The van der Waals surface area contributed by atoms with Crippen LogP contribution in [0.4, 0.5) is 5.69 Å². The van der Waals surface area contributed by atoms with E-state index in [1.807, 2.05) is 26.0 Å². The molecule has 2 rings (SSSR count). The highest BCUT2D eigenvalue weighted by atomic mass is 16.5. The van der Waals surface area contributed by atoms with E-state index < -0.39 is 5.60 Å². The summed E-state index contributed by atoms with van der Waals surface area (Å²) in [6.07, 6.45) is 2.34. The number of aryl methyl sites for hydroxylation is 1. The van der Waals surface area contributed by atoms with Gasteiger partial charge in [-0.3, -0.25) is 4.98 Å². The summed E-state index contributed by atoms with van der Waals surface area (Å²) in [4.78, 5) is 4.12. The summed E-state index contributed by atoms with van der Waals surface area (Å²) in [5.74, 6) is 0. The maximum absolute atomic E-state index is 10.3. The first-order valence-corrected chi connectivity index (χ1v) is 5.61. The molecule has 4 nitrogen and oxygen atoms in total. The molecule has 1 aromatic rings. The third kappa shape index (κ3) is 2.33. The number of nitrogens with one attached hydrogen (secondary N) is 1. The lowest BCUT2D eigenvalue weighted by Gasteiger charge is -2.26. The van der Waals surface area contributed by atoms with Gasteiger partial charge in [0.15, 0.2) is 0 Å². The first kappa shape index (κ1) is 11.4. The fourth-order valence-corrected chi connectivity index (χ4v) is 1.91. The largest absolute Gasteiger partial charge is 0.385 e. The number of aliphatic hydroxyl groups is 1. The lowest BCUT2D eigenvalue weighted by atomic mass is 9.96. The summed E-state index contributed by atoms with van der Waals surface area (Å²) < 4.78 is 5.38. The monoisotopic (exact) mass is 222 g/mol. The number of pyridine rings is 1. The van der Waals surface area contributed by atoms with Crippen molar-refractivity contribution in [2.75, 3.05) is 18.5 Å². The number of rotatable bonds is 3. The van der Waals surface area contributed by atoms with Crippen LogP contribution in [0.2, 0.25) is 0 Å². The molecule has 0 saturated carbocycles. The van der Waals surface area contributed by atoms with E-state index in [1.165, 1.54) is 0 Å². The Labute approximate surface area is 95.7 Å². The normalized spacial score (nSPS) is 29.3. The van der Waals surface area contributed by atoms with E-state index in [0.29, 0.717) is 19.6 Å². The van der Waals surface area contributed by atoms with Gasteiger partial charge in [-0.25, -0.2) is 0 Å². The highest BCUT2D eigenvalue weighted by molar-refractivity contribution is 5.43. The molecule has 2 atom stereocenters. The highest BCUT2D eigenvalue weighted by Crippen LogP contribution is 2.26. The van der Waals surface area contributed by atoms with Crippen LogP contribution in [0.3, 0.4) is 0 Å². The lowest BCUT2D eigenvalue weighted by molar-refractivity contribution is -0.0175. The van der Waals surface area contributed by atoms with Crippen LogP contribution >= 0.6 is 0 Å². The molecular weight excluding hydrogens is 204 g/mol. The molecular formula is C12H18N2O2. The maximum atomic E-state index is 10.3. The summed E-state index contributed by atoms with van der Waals surface area (Å²) in [6.45, 7) is 5.00. The third-order valence-electron chi connectivity index (χ3n) is 3.15. The fourth-order valence-electron chi connectivity index (χ4n) is 1.91. The first-order valence-electron chi connectivity index (χ1n) is 5.61. The molecule has 0 aromatic carbocycles. The van der Waals surface area contributed by atoms with Crippen molar-refractivity contribution in [2.45, 2.75) is 32.0 Å². The molecule has 0 aliphatic carbocycles. The molecule has 1 aliphatic rings. The molecule has 0 spiro atoms. The maximum Gasteiger partial charge on any atom is 0.110 e. The van der Waals surface area contributed by atoms with E-state index in [2.05, 4.69) is 10.3 Å². The summed E-state index contributed by atoms with van der Waals surface area (Å²) in [7, 11) is 0. The van der Waals surface area contributed by atoms with Gasteiger partial charge in [0, 0.05) is 37.2 Å². The second-order valence-corrected chi connectivity index (χ2v) is 4.41. The minimum atomic E-state index is -0.753. The summed E-state index contributed by atoms with van der Waals surface area (Å²) in [5.41, 5.74) is 1.20. The topological polar surface area (TPSA) is 54.4 Å². The fraction of sp³-hybridized carbons (Fsp3) is 0.583. The Bertz CT molecular complexity index is 370. The Hall–Kier alpha value is -1.13. The summed E-state index contributed by atoms with van der Waals surface area (Å²) in [5, 5.41) is 13.5. The van der Waals surface area contributed by atoms with Gasteiger partial charge >= 0.3 is 0 Å². The van der Waals surface area contributed by atoms with Crippen molar-refractivity contribution in [3.8, 4) is 0 Å². The second kappa shape index (κ2) is 4.39. The van der Waals surface area contributed by atoms with E-state index in [0.717, 1.165) is 11.4 Å². The van der Waals surface area contributed by atoms with Gasteiger partial charge in [-0.05, 0) is 26.0 Å². The van der Waals surface area contributed by atoms with Gasteiger partial charge in [-0.1, -0.05) is 0 Å². The van der Waals surface area contributed by atoms with Crippen molar-refractivity contribution in [2.24, 2.45) is 0 Å². The van der Waals surface area contributed by atoms with Crippen LogP contribution < -0.4 is 5.32 Å². The Kier molecular flexibility index (Phi) is 3.12. The highest BCUT2D eigenvalue weighted by Gasteiger charge is 2.39. The predicted molar refractivity (Wildman–Crippen MR) is 62.4 cm³/mol. The molecule has 1 aromatic heterocycles. The second-order valence-electron chi connectivity index (χ2n) is 4.41. The molecule has 2 N–H and O–H groups in total. The van der Waals surface area contributed by atoms with Crippen molar-refractivity contribution in [1.82, 2.24) is 4.98 Å². The van der Waals surface area contributed by atoms with Crippen LogP contribution in [0.5, 0.6) is 0 Å². The van der Waals surface area contributed by atoms with Crippen LogP contribution in [0.25, 0.3) is 0 Å². The molecule has 2 heterocycles. The Morgan fingerprint density at radius 1 is 1.69 bits per heavy atom. The van der Waals surface area contributed by atoms with E-state index in [-0.39, 0.29) is 6.10 Å².